The fourth-order valence-electron chi connectivity index (χ4n) is 1.78. The van der Waals surface area contributed by atoms with Crippen LogP contribution in [0.4, 0.5) is 5.82 Å². The standard InChI is InChI=1S/C10H14ClN3O3S/c1-7-6-17-3-2-14(7)18(15,16)8-4-9(11)10(12)13-5-8/h4-5,7H,2-3,6H2,1H3,(H2,12,13). The molecule has 6 nitrogen and oxygen atoms in total. The zero-order valence-corrected chi connectivity index (χ0v) is 11.4. The first-order valence-corrected chi connectivity index (χ1v) is 7.25. The first-order valence-electron chi connectivity index (χ1n) is 5.43. The molecule has 1 fully saturated rings. The van der Waals surface area contributed by atoms with E-state index in [1.165, 1.54) is 16.6 Å². The third-order valence-corrected chi connectivity index (χ3v) is 5.04. The van der Waals surface area contributed by atoms with Gasteiger partial charge in [0.05, 0.1) is 18.2 Å². The van der Waals surface area contributed by atoms with Crippen LogP contribution in [-0.2, 0) is 14.8 Å². The van der Waals surface area contributed by atoms with Gasteiger partial charge in [-0.05, 0) is 13.0 Å². The SMILES string of the molecule is CC1COCCN1S(=O)(=O)c1cnc(N)c(Cl)c1. The van der Waals surface area contributed by atoms with Gasteiger partial charge < -0.3 is 10.5 Å². The molecule has 2 heterocycles. The van der Waals surface area contributed by atoms with Crippen molar-refractivity contribution >= 4 is 27.4 Å². The second kappa shape index (κ2) is 5.00. The summed E-state index contributed by atoms with van der Waals surface area (Å²) < 4.78 is 31.4. The molecule has 1 aromatic rings. The molecule has 1 atom stereocenters. The first-order chi connectivity index (χ1) is 8.43. The lowest BCUT2D eigenvalue weighted by Crippen LogP contribution is -2.46. The Bertz CT molecular complexity index is 549. The van der Waals surface area contributed by atoms with Crippen LogP contribution in [0.1, 0.15) is 6.92 Å². The average molecular weight is 292 g/mol. The number of aromatic nitrogens is 1. The Labute approximate surface area is 111 Å². The molecule has 0 aromatic carbocycles. The van der Waals surface area contributed by atoms with Gasteiger partial charge in [0.2, 0.25) is 10.0 Å². The van der Waals surface area contributed by atoms with Crippen LogP contribution in [0, 0.1) is 0 Å². The van der Waals surface area contributed by atoms with Gasteiger partial charge in [0.25, 0.3) is 0 Å². The van der Waals surface area contributed by atoms with Gasteiger partial charge in [-0.3, -0.25) is 0 Å². The molecule has 0 saturated carbocycles. The number of halogens is 1. The molecule has 1 unspecified atom stereocenters. The minimum Gasteiger partial charge on any atom is -0.382 e. The second-order valence-corrected chi connectivity index (χ2v) is 6.38. The summed E-state index contributed by atoms with van der Waals surface area (Å²) in [6.45, 7) is 2.89. The lowest BCUT2D eigenvalue weighted by atomic mass is 10.3. The van der Waals surface area contributed by atoms with Crippen LogP contribution in [0.2, 0.25) is 5.02 Å². The van der Waals surface area contributed by atoms with Crippen LogP contribution in [0.3, 0.4) is 0 Å². The number of hydrogen-bond donors (Lipinski definition) is 1. The third kappa shape index (κ3) is 2.44. The maximum atomic E-state index is 12.4. The lowest BCUT2D eigenvalue weighted by Gasteiger charge is -2.32. The second-order valence-electron chi connectivity index (χ2n) is 4.08. The number of sulfonamides is 1. The minimum absolute atomic E-state index is 0.0513. The third-order valence-electron chi connectivity index (χ3n) is 2.76. The maximum Gasteiger partial charge on any atom is 0.245 e. The molecule has 0 amide bonds. The highest BCUT2D eigenvalue weighted by atomic mass is 35.5. The molecule has 1 aromatic heterocycles. The number of ether oxygens (including phenoxy) is 1. The van der Waals surface area contributed by atoms with E-state index in [0.717, 1.165) is 0 Å². The monoisotopic (exact) mass is 291 g/mol. The molecule has 2 N–H and O–H groups in total. The van der Waals surface area contributed by atoms with E-state index in [0.29, 0.717) is 19.8 Å². The van der Waals surface area contributed by atoms with Crippen LogP contribution in [0.5, 0.6) is 0 Å². The highest BCUT2D eigenvalue weighted by Gasteiger charge is 2.32. The molecule has 100 valence electrons. The summed E-state index contributed by atoms with van der Waals surface area (Å²) in [5.74, 6) is 0.116. The van der Waals surface area contributed by atoms with Crippen molar-refractivity contribution in [1.82, 2.24) is 9.29 Å². The van der Waals surface area contributed by atoms with Crippen molar-refractivity contribution in [3.8, 4) is 0 Å². The summed E-state index contributed by atoms with van der Waals surface area (Å²) in [6.07, 6.45) is 1.22. The van der Waals surface area contributed by atoms with Gasteiger partial charge >= 0.3 is 0 Å². The molecule has 0 bridgehead atoms. The molecule has 1 saturated heterocycles. The molecule has 0 aliphatic carbocycles. The van der Waals surface area contributed by atoms with Crippen molar-refractivity contribution in [2.45, 2.75) is 17.9 Å². The normalized spacial score (nSPS) is 22.0. The summed E-state index contributed by atoms with van der Waals surface area (Å²) in [5, 5.41) is 0.136. The predicted octanol–water partition coefficient (Wildman–Crippen LogP) is 0.727. The van der Waals surface area contributed by atoms with Crippen LogP contribution >= 0.6 is 11.6 Å². The van der Waals surface area contributed by atoms with E-state index in [2.05, 4.69) is 4.98 Å². The Morgan fingerprint density at radius 1 is 1.61 bits per heavy atom. The molecule has 1 aliphatic heterocycles. The summed E-state index contributed by atoms with van der Waals surface area (Å²) >= 11 is 5.80. The van der Waals surface area contributed by atoms with Crippen molar-refractivity contribution in [2.24, 2.45) is 0 Å². The average Bonchev–Trinajstić information content (AvgIpc) is 2.33. The number of nitrogen functional groups attached to an aromatic ring is 1. The van der Waals surface area contributed by atoms with Crippen molar-refractivity contribution in [2.75, 3.05) is 25.5 Å². The maximum absolute atomic E-state index is 12.4. The van der Waals surface area contributed by atoms with E-state index in [4.69, 9.17) is 22.1 Å². The summed E-state index contributed by atoms with van der Waals surface area (Å²) in [7, 11) is -3.60. The van der Waals surface area contributed by atoms with Gasteiger partial charge in [0, 0.05) is 18.8 Å². The van der Waals surface area contributed by atoms with E-state index in [9.17, 15) is 8.42 Å². The Morgan fingerprint density at radius 3 is 2.94 bits per heavy atom. The molecule has 1 aliphatic rings. The van der Waals surface area contributed by atoms with E-state index < -0.39 is 10.0 Å². The molecule has 18 heavy (non-hydrogen) atoms. The quantitative estimate of drug-likeness (QED) is 0.868. The molecule has 0 spiro atoms. The number of hydrogen-bond acceptors (Lipinski definition) is 5. The van der Waals surface area contributed by atoms with Gasteiger partial charge in [0.15, 0.2) is 0 Å². The molecule has 2 rings (SSSR count). The molecular formula is C10H14ClN3O3S. The van der Waals surface area contributed by atoms with E-state index in [-0.39, 0.29) is 21.8 Å². The van der Waals surface area contributed by atoms with Gasteiger partial charge in [-0.2, -0.15) is 4.31 Å². The van der Waals surface area contributed by atoms with Crippen LogP contribution < -0.4 is 5.73 Å². The zero-order chi connectivity index (χ0) is 13.3. The van der Waals surface area contributed by atoms with Gasteiger partial charge in [0.1, 0.15) is 10.7 Å². The van der Waals surface area contributed by atoms with E-state index in [1.54, 1.807) is 6.92 Å². The number of anilines is 1. The number of pyridine rings is 1. The topological polar surface area (TPSA) is 85.5 Å². The fraction of sp³-hybridized carbons (Fsp3) is 0.500. The number of morpholine rings is 1. The van der Waals surface area contributed by atoms with Crippen molar-refractivity contribution in [1.29, 1.82) is 0 Å². The smallest absolute Gasteiger partial charge is 0.245 e. The summed E-state index contributed by atoms with van der Waals surface area (Å²) in [5.41, 5.74) is 5.47. The molecular weight excluding hydrogens is 278 g/mol. The van der Waals surface area contributed by atoms with Crippen LogP contribution in [0.25, 0.3) is 0 Å². The molecule has 0 radical (unpaired) electrons. The highest BCUT2D eigenvalue weighted by Crippen LogP contribution is 2.24. The highest BCUT2D eigenvalue weighted by molar-refractivity contribution is 7.89. The van der Waals surface area contributed by atoms with E-state index >= 15 is 0 Å². The fourth-order valence-corrected chi connectivity index (χ4v) is 3.58. The van der Waals surface area contributed by atoms with Crippen molar-refractivity contribution in [3.05, 3.63) is 17.3 Å². The lowest BCUT2D eigenvalue weighted by molar-refractivity contribution is 0.0392. The van der Waals surface area contributed by atoms with Gasteiger partial charge in [-0.15, -0.1) is 0 Å². The Hall–Kier alpha value is -0.890. The zero-order valence-electron chi connectivity index (χ0n) is 9.84. The van der Waals surface area contributed by atoms with Crippen molar-refractivity contribution in [3.63, 3.8) is 0 Å². The molecule has 8 heteroatoms. The Kier molecular flexibility index (Phi) is 3.76. The van der Waals surface area contributed by atoms with Gasteiger partial charge in [-0.25, -0.2) is 13.4 Å². The Balaban J connectivity index is 2.37. The minimum atomic E-state index is -3.60. The number of rotatable bonds is 2. The van der Waals surface area contributed by atoms with Gasteiger partial charge in [-0.1, -0.05) is 11.6 Å². The van der Waals surface area contributed by atoms with E-state index in [1.807, 2.05) is 0 Å². The van der Waals surface area contributed by atoms with Crippen LogP contribution in [0.15, 0.2) is 17.2 Å². The summed E-state index contributed by atoms with van der Waals surface area (Å²) in [6, 6.07) is 1.11. The number of nitrogens with two attached hydrogens (primary N) is 1. The number of nitrogens with zero attached hydrogens (tertiary/aromatic N) is 2. The first kappa shape index (κ1) is 13.5. The predicted molar refractivity (Wildman–Crippen MR) is 67.8 cm³/mol. The Morgan fingerprint density at radius 2 is 2.33 bits per heavy atom. The van der Waals surface area contributed by atoms with Crippen molar-refractivity contribution < 1.29 is 13.2 Å². The largest absolute Gasteiger partial charge is 0.382 e. The van der Waals surface area contributed by atoms with Crippen LogP contribution in [-0.4, -0.2) is 43.5 Å². The summed E-state index contributed by atoms with van der Waals surface area (Å²) in [4.78, 5) is 3.82.